The van der Waals surface area contributed by atoms with Crippen LogP contribution in [0.15, 0.2) is 36.4 Å². The first-order valence-electron chi connectivity index (χ1n) is 6.08. The van der Waals surface area contributed by atoms with Crippen molar-refractivity contribution in [2.24, 2.45) is 0 Å². The molecule has 0 amide bonds. The van der Waals surface area contributed by atoms with Crippen LogP contribution in [0, 0.1) is 20.8 Å². The molecule has 92 valence electrons. The minimum atomic E-state index is 0.156. The number of pyridine rings is 1. The molecule has 0 fully saturated rings. The molecular formula is C16H17NO. The van der Waals surface area contributed by atoms with Gasteiger partial charge < -0.3 is 0 Å². The fourth-order valence-corrected chi connectivity index (χ4v) is 2.13. The Morgan fingerprint density at radius 1 is 1.06 bits per heavy atom. The predicted molar refractivity (Wildman–Crippen MR) is 72.9 cm³/mol. The van der Waals surface area contributed by atoms with Crippen LogP contribution in [0.1, 0.15) is 32.9 Å². The fraction of sp³-hybridized carbons (Fsp3) is 0.250. The molecule has 2 aromatic rings. The average molecular weight is 239 g/mol. The topological polar surface area (TPSA) is 30.0 Å². The lowest BCUT2D eigenvalue weighted by atomic mass is 10.0. The number of benzene rings is 1. The fourth-order valence-electron chi connectivity index (χ4n) is 2.13. The van der Waals surface area contributed by atoms with Gasteiger partial charge in [-0.15, -0.1) is 0 Å². The van der Waals surface area contributed by atoms with E-state index in [4.69, 9.17) is 0 Å². The van der Waals surface area contributed by atoms with Gasteiger partial charge in [0.15, 0.2) is 5.78 Å². The van der Waals surface area contributed by atoms with E-state index in [0.29, 0.717) is 6.42 Å². The molecule has 0 aliphatic carbocycles. The van der Waals surface area contributed by atoms with Crippen LogP contribution < -0.4 is 0 Å². The third-order valence-corrected chi connectivity index (χ3v) is 2.85. The van der Waals surface area contributed by atoms with E-state index in [1.807, 2.05) is 57.2 Å². The quantitative estimate of drug-likeness (QED) is 0.768. The van der Waals surface area contributed by atoms with Crippen molar-refractivity contribution < 1.29 is 4.79 Å². The number of hydrogen-bond acceptors (Lipinski definition) is 2. The minimum absolute atomic E-state index is 0.156. The molecule has 0 atom stereocenters. The summed E-state index contributed by atoms with van der Waals surface area (Å²) in [5.74, 6) is 0.156. The van der Waals surface area contributed by atoms with Crippen LogP contribution >= 0.6 is 0 Å². The molecule has 0 saturated heterocycles. The van der Waals surface area contributed by atoms with E-state index in [2.05, 4.69) is 4.98 Å². The Bertz CT molecular complexity index is 567. The summed E-state index contributed by atoms with van der Waals surface area (Å²) in [4.78, 5) is 16.5. The molecule has 0 spiro atoms. The van der Waals surface area contributed by atoms with Gasteiger partial charge in [-0.3, -0.25) is 9.78 Å². The molecule has 2 heteroatoms. The number of Topliss-reactive ketones (excluding diaryl/α,β-unsaturated/α-hetero) is 1. The van der Waals surface area contributed by atoms with Gasteiger partial charge in [-0.05, 0) is 44.5 Å². The van der Waals surface area contributed by atoms with E-state index in [1.54, 1.807) is 0 Å². The average Bonchev–Trinajstić information content (AvgIpc) is 2.27. The van der Waals surface area contributed by atoms with Crippen LogP contribution in [0.25, 0.3) is 0 Å². The Morgan fingerprint density at radius 3 is 2.33 bits per heavy atom. The third kappa shape index (κ3) is 3.04. The van der Waals surface area contributed by atoms with E-state index in [9.17, 15) is 4.79 Å². The summed E-state index contributed by atoms with van der Waals surface area (Å²) in [7, 11) is 0. The molecule has 0 aliphatic heterocycles. The Morgan fingerprint density at radius 2 is 1.72 bits per heavy atom. The number of rotatable bonds is 3. The van der Waals surface area contributed by atoms with Crippen molar-refractivity contribution in [1.82, 2.24) is 4.98 Å². The third-order valence-electron chi connectivity index (χ3n) is 2.85. The lowest BCUT2D eigenvalue weighted by molar-refractivity contribution is 0.0993. The van der Waals surface area contributed by atoms with Gasteiger partial charge in [0.1, 0.15) is 0 Å². The van der Waals surface area contributed by atoms with Gasteiger partial charge in [-0.25, -0.2) is 0 Å². The summed E-state index contributed by atoms with van der Waals surface area (Å²) in [6.45, 7) is 5.90. The summed E-state index contributed by atoms with van der Waals surface area (Å²) in [6, 6.07) is 11.7. The zero-order chi connectivity index (χ0) is 13.1. The second-order valence-electron chi connectivity index (χ2n) is 4.73. The first-order valence-corrected chi connectivity index (χ1v) is 6.08. The van der Waals surface area contributed by atoms with E-state index in [0.717, 1.165) is 28.1 Å². The normalized spacial score (nSPS) is 10.4. The van der Waals surface area contributed by atoms with Crippen molar-refractivity contribution >= 4 is 5.78 Å². The van der Waals surface area contributed by atoms with Crippen LogP contribution in [0.4, 0.5) is 0 Å². The number of hydrogen-bond donors (Lipinski definition) is 0. The highest BCUT2D eigenvalue weighted by Gasteiger charge is 2.08. The van der Waals surface area contributed by atoms with Crippen LogP contribution in [-0.4, -0.2) is 10.8 Å². The Balaban J connectivity index is 2.21. The summed E-state index contributed by atoms with van der Waals surface area (Å²) < 4.78 is 0. The summed E-state index contributed by atoms with van der Waals surface area (Å²) >= 11 is 0. The smallest absolute Gasteiger partial charge is 0.167 e. The molecule has 1 heterocycles. The molecule has 2 rings (SSSR count). The molecule has 0 saturated carbocycles. The lowest BCUT2D eigenvalue weighted by Gasteiger charge is -2.05. The Labute approximate surface area is 108 Å². The van der Waals surface area contributed by atoms with E-state index >= 15 is 0 Å². The first kappa shape index (κ1) is 12.5. The predicted octanol–water partition coefficient (Wildman–Crippen LogP) is 3.43. The molecule has 2 nitrogen and oxygen atoms in total. The van der Waals surface area contributed by atoms with Gasteiger partial charge in [-0.1, -0.05) is 23.8 Å². The molecule has 0 unspecified atom stereocenters. The van der Waals surface area contributed by atoms with Crippen molar-refractivity contribution in [2.75, 3.05) is 0 Å². The monoisotopic (exact) mass is 239 g/mol. The zero-order valence-electron chi connectivity index (χ0n) is 11.0. The number of nitrogens with zero attached hydrogens (tertiary/aromatic N) is 1. The molecule has 1 aromatic carbocycles. The van der Waals surface area contributed by atoms with Crippen LogP contribution in [0.3, 0.4) is 0 Å². The Kier molecular flexibility index (Phi) is 3.56. The van der Waals surface area contributed by atoms with Crippen molar-refractivity contribution in [3.05, 3.63) is 64.5 Å². The molecule has 0 bridgehead atoms. The molecule has 0 aliphatic rings. The van der Waals surface area contributed by atoms with E-state index in [-0.39, 0.29) is 5.78 Å². The van der Waals surface area contributed by atoms with Crippen molar-refractivity contribution in [1.29, 1.82) is 0 Å². The summed E-state index contributed by atoms with van der Waals surface area (Å²) in [6.07, 6.45) is 0.438. The van der Waals surface area contributed by atoms with Gasteiger partial charge in [0.2, 0.25) is 0 Å². The minimum Gasteiger partial charge on any atom is -0.294 e. The zero-order valence-corrected chi connectivity index (χ0v) is 11.0. The van der Waals surface area contributed by atoms with Gasteiger partial charge in [0.25, 0.3) is 0 Å². The second kappa shape index (κ2) is 5.13. The van der Waals surface area contributed by atoms with Gasteiger partial charge >= 0.3 is 0 Å². The Hall–Kier alpha value is -1.96. The first-order chi connectivity index (χ1) is 8.54. The lowest BCUT2D eigenvalue weighted by Crippen LogP contribution is -2.04. The van der Waals surface area contributed by atoms with Crippen LogP contribution in [0.2, 0.25) is 0 Å². The molecule has 1 aromatic heterocycles. The van der Waals surface area contributed by atoms with Crippen molar-refractivity contribution in [3.8, 4) is 0 Å². The standard InChI is InChI=1S/C16H17NO/c1-11-5-4-6-15(7-11)16(18)10-14-8-12(2)17-13(3)9-14/h4-9H,10H2,1-3H3. The molecular weight excluding hydrogens is 222 g/mol. The highest BCUT2D eigenvalue weighted by atomic mass is 16.1. The van der Waals surface area contributed by atoms with Crippen LogP contribution in [0.5, 0.6) is 0 Å². The molecule has 0 N–H and O–H groups in total. The number of aryl methyl sites for hydroxylation is 3. The van der Waals surface area contributed by atoms with Gasteiger partial charge in [-0.2, -0.15) is 0 Å². The number of carbonyl (C=O) groups excluding carboxylic acids is 1. The molecule has 18 heavy (non-hydrogen) atoms. The van der Waals surface area contributed by atoms with Gasteiger partial charge in [0, 0.05) is 23.4 Å². The maximum Gasteiger partial charge on any atom is 0.167 e. The van der Waals surface area contributed by atoms with Gasteiger partial charge in [0.05, 0.1) is 0 Å². The highest BCUT2D eigenvalue weighted by Crippen LogP contribution is 2.11. The van der Waals surface area contributed by atoms with Crippen LogP contribution in [-0.2, 0) is 6.42 Å². The SMILES string of the molecule is Cc1cccc(C(=O)Cc2cc(C)nc(C)c2)c1. The number of aromatic nitrogens is 1. The second-order valence-corrected chi connectivity index (χ2v) is 4.73. The molecule has 0 radical (unpaired) electrons. The maximum atomic E-state index is 12.2. The number of carbonyl (C=O) groups is 1. The largest absolute Gasteiger partial charge is 0.294 e. The van der Waals surface area contributed by atoms with E-state index < -0.39 is 0 Å². The summed E-state index contributed by atoms with van der Waals surface area (Å²) in [5.41, 5.74) is 4.85. The maximum absolute atomic E-state index is 12.2. The highest BCUT2D eigenvalue weighted by molar-refractivity contribution is 5.97. The van der Waals surface area contributed by atoms with E-state index in [1.165, 1.54) is 0 Å². The van der Waals surface area contributed by atoms with Crippen molar-refractivity contribution in [2.45, 2.75) is 27.2 Å². The number of ketones is 1. The van der Waals surface area contributed by atoms with Crippen molar-refractivity contribution in [3.63, 3.8) is 0 Å². The summed E-state index contributed by atoms with van der Waals surface area (Å²) in [5, 5.41) is 0.